The first-order chi connectivity index (χ1) is 9.04. The molecule has 0 heterocycles. The average molecular weight is 270 g/mol. The molecule has 6 heteroatoms. The zero-order valence-corrected chi connectivity index (χ0v) is 10.6. The van der Waals surface area contributed by atoms with Gasteiger partial charge in [-0.1, -0.05) is 13.3 Å². The van der Waals surface area contributed by atoms with E-state index in [1.807, 2.05) is 6.92 Å². The van der Waals surface area contributed by atoms with E-state index in [9.17, 15) is 18.4 Å². The van der Waals surface area contributed by atoms with E-state index in [2.05, 4.69) is 10.6 Å². The quantitative estimate of drug-likeness (QED) is 0.772. The zero-order valence-electron chi connectivity index (χ0n) is 10.6. The summed E-state index contributed by atoms with van der Waals surface area (Å²) in [5.74, 6) is -3.05. The van der Waals surface area contributed by atoms with Crippen molar-refractivity contribution in [1.82, 2.24) is 10.6 Å². The molecule has 0 saturated heterocycles. The van der Waals surface area contributed by atoms with Gasteiger partial charge in [0.1, 0.15) is 0 Å². The molecule has 0 saturated carbocycles. The van der Waals surface area contributed by atoms with Crippen molar-refractivity contribution in [3.63, 3.8) is 0 Å². The van der Waals surface area contributed by atoms with Crippen LogP contribution in [0.5, 0.6) is 0 Å². The second-order valence-corrected chi connectivity index (χ2v) is 4.02. The molecule has 0 aliphatic rings. The molecule has 19 heavy (non-hydrogen) atoms. The highest BCUT2D eigenvalue weighted by Crippen LogP contribution is 2.08. The highest BCUT2D eigenvalue weighted by atomic mass is 19.2. The molecule has 0 aliphatic heterocycles. The fourth-order valence-corrected chi connectivity index (χ4v) is 1.37. The number of carbonyl (C=O) groups is 2. The fraction of sp³-hybridized carbons (Fsp3) is 0.385. The number of amides is 2. The Morgan fingerprint density at radius 1 is 1.16 bits per heavy atom. The number of hydrogen-bond acceptors (Lipinski definition) is 2. The number of halogens is 2. The molecule has 2 N–H and O–H groups in total. The van der Waals surface area contributed by atoms with Crippen LogP contribution in [0.4, 0.5) is 8.78 Å². The molecule has 2 amide bonds. The van der Waals surface area contributed by atoms with Crippen LogP contribution in [0.3, 0.4) is 0 Å². The largest absolute Gasteiger partial charge is 0.355 e. The number of rotatable bonds is 6. The molecule has 0 aromatic heterocycles. The van der Waals surface area contributed by atoms with Crippen molar-refractivity contribution >= 4 is 11.8 Å². The van der Waals surface area contributed by atoms with Crippen molar-refractivity contribution in [2.45, 2.75) is 19.8 Å². The third-order valence-electron chi connectivity index (χ3n) is 2.44. The summed E-state index contributed by atoms with van der Waals surface area (Å²) in [5.41, 5.74) is -0.0275. The molecule has 0 unspecified atom stereocenters. The van der Waals surface area contributed by atoms with E-state index in [4.69, 9.17) is 0 Å². The summed E-state index contributed by atoms with van der Waals surface area (Å²) < 4.78 is 25.6. The van der Waals surface area contributed by atoms with Gasteiger partial charge in [0, 0.05) is 12.1 Å². The van der Waals surface area contributed by atoms with Crippen LogP contribution in [0.25, 0.3) is 0 Å². The van der Waals surface area contributed by atoms with Gasteiger partial charge >= 0.3 is 0 Å². The minimum atomic E-state index is -1.10. The van der Waals surface area contributed by atoms with E-state index in [-0.39, 0.29) is 18.0 Å². The Morgan fingerprint density at radius 2 is 1.89 bits per heavy atom. The molecule has 0 bridgehead atoms. The van der Waals surface area contributed by atoms with Crippen molar-refractivity contribution in [3.05, 3.63) is 35.4 Å². The summed E-state index contributed by atoms with van der Waals surface area (Å²) in [5, 5.41) is 4.96. The molecule has 1 rings (SSSR count). The third kappa shape index (κ3) is 5.03. The molecule has 0 fully saturated rings. The highest BCUT2D eigenvalue weighted by Gasteiger charge is 2.10. The molecule has 1 aromatic carbocycles. The van der Waals surface area contributed by atoms with Crippen LogP contribution in [-0.4, -0.2) is 24.9 Å². The SMILES string of the molecule is CCCCNC(=O)CNC(=O)c1ccc(F)c(F)c1. The van der Waals surface area contributed by atoms with Crippen LogP contribution >= 0.6 is 0 Å². The van der Waals surface area contributed by atoms with E-state index >= 15 is 0 Å². The molecule has 0 spiro atoms. The highest BCUT2D eigenvalue weighted by molar-refractivity contribution is 5.96. The lowest BCUT2D eigenvalue weighted by Crippen LogP contribution is -2.37. The van der Waals surface area contributed by atoms with Gasteiger partial charge < -0.3 is 10.6 Å². The zero-order chi connectivity index (χ0) is 14.3. The molecular weight excluding hydrogens is 254 g/mol. The lowest BCUT2D eigenvalue weighted by molar-refractivity contribution is -0.120. The van der Waals surface area contributed by atoms with Crippen LogP contribution < -0.4 is 10.6 Å². The number of hydrogen-bond donors (Lipinski definition) is 2. The second kappa shape index (κ2) is 7.45. The molecule has 0 aliphatic carbocycles. The summed E-state index contributed by atoms with van der Waals surface area (Å²) >= 11 is 0. The Labute approximate surface area is 110 Å². The third-order valence-corrected chi connectivity index (χ3v) is 2.44. The van der Waals surface area contributed by atoms with Gasteiger partial charge in [-0.3, -0.25) is 9.59 Å². The van der Waals surface area contributed by atoms with Crippen molar-refractivity contribution in [2.75, 3.05) is 13.1 Å². The molecule has 1 aromatic rings. The predicted molar refractivity (Wildman–Crippen MR) is 66.6 cm³/mol. The van der Waals surface area contributed by atoms with Gasteiger partial charge in [0.2, 0.25) is 5.91 Å². The number of unbranched alkanes of at least 4 members (excludes halogenated alkanes) is 1. The van der Waals surface area contributed by atoms with Crippen molar-refractivity contribution in [1.29, 1.82) is 0 Å². The predicted octanol–water partition coefficient (Wildman–Crippen LogP) is 1.61. The molecule has 104 valence electrons. The molecule has 4 nitrogen and oxygen atoms in total. The summed E-state index contributed by atoms with van der Waals surface area (Å²) in [6, 6.07) is 2.81. The van der Waals surface area contributed by atoms with Crippen LogP contribution in [0.2, 0.25) is 0 Å². The Bertz CT molecular complexity index is 464. The summed E-state index contributed by atoms with van der Waals surface area (Å²) in [4.78, 5) is 22.9. The molecular formula is C13H16F2N2O2. The number of carbonyl (C=O) groups excluding carboxylic acids is 2. The van der Waals surface area contributed by atoms with Crippen LogP contribution in [0.15, 0.2) is 18.2 Å². The monoisotopic (exact) mass is 270 g/mol. The lowest BCUT2D eigenvalue weighted by atomic mass is 10.2. The maximum Gasteiger partial charge on any atom is 0.251 e. The van der Waals surface area contributed by atoms with Crippen molar-refractivity contribution < 1.29 is 18.4 Å². The van der Waals surface area contributed by atoms with Crippen LogP contribution in [-0.2, 0) is 4.79 Å². The summed E-state index contributed by atoms with van der Waals surface area (Å²) in [6.45, 7) is 2.36. The second-order valence-electron chi connectivity index (χ2n) is 4.02. The maximum atomic E-state index is 12.9. The topological polar surface area (TPSA) is 58.2 Å². The standard InChI is InChI=1S/C13H16F2N2O2/c1-2-3-6-16-12(18)8-17-13(19)9-4-5-10(14)11(15)7-9/h4-5,7H,2-3,6,8H2,1H3,(H,16,18)(H,17,19). The molecule has 0 radical (unpaired) electrons. The van der Waals surface area contributed by atoms with E-state index in [1.165, 1.54) is 0 Å². The van der Waals surface area contributed by atoms with Crippen molar-refractivity contribution in [3.8, 4) is 0 Å². The lowest BCUT2D eigenvalue weighted by Gasteiger charge is -2.06. The minimum absolute atomic E-state index is 0.0275. The van der Waals surface area contributed by atoms with Crippen LogP contribution in [0.1, 0.15) is 30.1 Å². The van der Waals surface area contributed by atoms with E-state index < -0.39 is 17.5 Å². The van der Waals surface area contributed by atoms with Gasteiger partial charge in [0.15, 0.2) is 11.6 Å². The first-order valence-electron chi connectivity index (χ1n) is 6.04. The van der Waals surface area contributed by atoms with Gasteiger partial charge in [0.05, 0.1) is 6.54 Å². The Balaban J connectivity index is 2.42. The van der Waals surface area contributed by atoms with Gasteiger partial charge in [-0.15, -0.1) is 0 Å². The Hall–Kier alpha value is -1.98. The average Bonchev–Trinajstić information content (AvgIpc) is 2.39. The fourth-order valence-electron chi connectivity index (χ4n) is 1.37. The van der Waals surface area contributed by atoms with Crippen LogP contribution in [0, 0.1) is 11.6 Å². The van der Waals surface area contributed by atoms with Gasteiger partial charge in [-0.05, 0) is 24.6 Å². The van der Waals surface area contributed by atoms with Gasteiger partial charge in [-0.2, -0.15) is 0 Å². The van der Waals surface area contributed by atoms with Crippen molar-refractivity contribution in [2.24, 2.45) is 0 Å². The van der Waals surface area contributed by atoms with E-state index in [1.54, 1.807) is 0 Å². The minimum Gasteiger partial charge on any atom is -0.355 e. The van der Waals surface area contributed by atoms with Gasteiger partial charge in [-0.25, -0.2) is 8.78 Å². The van der Waals surface area contributed by atoms with E-state index in [0.717, 1.165) is 31.0 Å². The molecule has 0 atom stereocenters. The Kier molecular flexibility index (Phi) is 5.92. The first-order valence-corrected chi connectivity index (χ1v) is 6.04. The number of benzene rings is 1. The Morgan fingerprint density at radius 3 is 2.53 bits per heavy atom. The van der Waals surface area contributed by atoms with E-state index in [0.29, 0.717) is 6.54 Å². The van der Waals surface area contributed by atoms with Gasteiger partial charge in [0.25, 0.3) is 5.91 Å². The summed E-state index contributed by atoms with van der Waals surface area (Å²) in [6.07, 6.45) is 1.82. The smallest absolute Gasteiger partial charge is 0.251 e. The first kappa shape index (κ1) is 15.1. The number of nitrogens with one attached hydrogen (secondary N) is 2. The summed E-state index contributed by atoms with van der Waals surface area (Å²) in [7, 11) is 0. The normalized spacial score (nSPS) is 10.1. The maximum absolute atomic E-state index is 12.9.